The van der Waals surface area contributed by atoms with Gasteiger partial charge in [-0.2, -0.15) is 0 Å². The Balaban J connectivity index is 1.71. The number of phenols is 1. The molecule has 0 amide bonds. The summed E-state index contributed by atoms with van der Waals surface area (Å²) in [5.41, 5.74) is 1.02. The van der Waals surface area contributed by atoms with Crippen LogP contribution in [0.3, 0.4) is 0 Å². The van der Waals surface area contributed by atoms with Gasteiger partial charge in [0.15, 0.2) is 0 Å². The normalized spacial score (nSPS) is 20.9. The maximum absolute atomic E-state index is 9.29. The fourth-order valence-corrected chi connectivity index (χ4v) is 2.03. The van der Waals surface area contributed by atoms with Crippen molar-refractivity contribution < 1.29 is 9.84 Å². The molecule has 0 bridgehead atoms. The van der Waals surface area contributed by atoms with Gasteiger partial charge in [-0.1, -0.05) is 18.6 Å². The molecule has 3 nitrogen and oxygen atoms in total. The molecule has 16 heavy (non-hydrogen) atoms. The maximum Gasteiger partial charge on any atom is 0.115 e. The van der Waals surface area contributed by atoms with Gasteiger partial charge in [0.05, 0.1) is 13.2 Å². The lowest BCUT2D eigenvalue weighted by molar-refractivity contribution is 0.0910. The van der Waals surface area contributed by atoms with Crippen molar-refractivity contribution in [2.24, 2.45) is 0 Å². The largest absolute Gasteiger partial charge is 0.508 e. The zero-order valence-electron chi connectivity index (χ0n) is 9.48. The van der Waals surface area contributed by atoms with E-state index in [0.717, 1.165) is 18.7 Å². The van der Waals surface area contributed by atoms with Crippen molar-refractivity contribution in [1.82, 2.24) is 5.32 Å². The summed E-state index contributed by atoms with van der Waals surface area (Å²) in [6.45, 7) is 2.45. The van der Waals surface area contributed by atoms with Gasteiger partial charge in [-0.15, -0.1) is 0 Å². The van der Waals surface area contributed by atoms with E-state index in [1.807, 2.05) is 12.1 Å². The number of aromatic hydroxyl groups is 1. The Morgan fingerprint density at radius 2 is 2.31 bits per heavy atom. The topological polar surface area (TPSA) is 41.5 Å². The van der Waals surface area contributed by atoms with Crippen LogP contribution in [-0.2, 0) is 11.3 Å². The third-order valence-corrected chi connectivity index (χ3v) is 2.91. The Bertz CT molecular complexity index is 321. The average Bonchev–Trinajstić information content (AvgIpc) is 2.30. The van der Waals surface area contributed by atoms with Gasteiger partial charge in [0, 0.05) is 6.04 Å². The lowest BCUT2D eigenvalue weighted by Crippen LogP contribution is -2.37. The van der Waals surface area contributed by atoms with Gasteiger partial charge >= 0.3 is 0 Å². The molecule has 0 saturated carbocycles. The average molecular weight is 221 g/mol. The van der Waals surface area contributed by atoms with Crippen LogP contribution in [0.15, 0.2) is 24.3 Å². The third kappa shape index (κ3) is 3.51. The van der Waals surface area contributed by atoms with E-state index in [1.54, 1.807) is 12.1 Å². The molecule has 1 unspecified atom stereocenters. The molecule has 88 valence electrons. The first kappa shape index (κ1) is 11.4. The van der Waals surface area contributed by atoms with Crippen LogP contribution in [0.2, 0.25) is 0 Å². The molecule has 1 aromatic carbocycles. The highest BCUT2D eigenvalue weighted by atomic mass is 16.5. The second kappa shape index (κ2) is 5.87. The highest BCUT2D eigenvalue weighted by molar-refractivity contribution is 5.26. The molecule has 1 atom stereocenters. The third-order valence-electron chi connectivity index (χ3n) is 2.91. The molecule has 1 aliphatic heterocycles. The number of piperidine rings is 1. The van der Waals surface area contributed by atoms with Crippen LogP contribution >= 0.6 is 0 Å². The fourth-order valence-electron chi connectivity index (χ4n) is 2.03. The molecular formula is C13H19NO2. The predicted molar refractivity (Wildman–Crippen MR) is 63.4 cm³/mol. The summed E-state index contributed by atoms with van der Waals surface area (Å²) in [5.74, 6) is 0.303. The van der Waals surface area contributed by atoms with Crippen molar-refractivity contribution in [2.45, 2.75) is 31.9 Å². The van der Waals surface area contributed by atoms with Crippen LogP contribution in [0.5, 0.6) is 5.75 Å². The monoisotopic (exact) mass is 221 g/mol. The van der Waals surface area contributed by atoms with Crippen LogP contribution in [0.1, 0.15) is 24.8 Å². The van der Waals surface area contributed by atoms with E-state index in [9.17, 15) is 5.11 Å². The van der Waals surface area contributed by atoms with Crippen LogP contribution < -0.4 is 5.32 Å². The lowest BCUT2D eigenvalue weighted by Gasteiger charge is -2.23. The van der Waals surface area contributed by atoms with Crippen molar-refractivity contribution in [3.8, 4) is 5.75 Å². The van der Waals surface area contributed by atoms with E-state index in [2.05, 4.69) is 5.32 Å². The molecule has 1 aromatic rings. The number of rotatable bonds is 4. The predicted octanol–water partition coefficient (Wildman–Crippen LogP) is 2.05. The van der Waals surface area contributed by atoms with Crippen LogP contribution in [0.4, 0.5) is 0 Å². The van der Waals surface area contributed by atoms with E-state index in [1.165, 1.54) is 19.3 Å². The molecule has 0 spiro atoms. The van der Waals surface area contributed by atoms with Gasteiger partial charge in [0.2, 0.25) is 0 Å². The minimum Gasteiger partial charge on any atom is -0.508 e. The van der Waals surface area contributed by atoms with Gasteiger partial charge in [-0.3, -0.25) is 0 Å². The Morgan fingerprint density at radius 1 is 1.38 bits per heavy atom. The summed E-state index contributed by atoms with van der Waals surface area (Å²) in [6, 6.07) is 7.73. The Labute approximate surface area is 96.4 Å². The molecule has 1 saturated heterocycles. The number of nitrogens with one attached hydrogen (secondary N) is 1. The minimum absolute atomic E-state index is 0.303. The Hall–Kier alpha value is -1.06. The van der Waals surface area contributed by atoms with Crippen molar-refractivity contribution in [3.63, 3.8) is 0 Å². The van der Waals surface area contributed by atoms with Gasteiger partial charge in [-0.05, 0) is 37.1 Å². The summed E-state index contributed by atoms with van der Waals surface area (Å²) in [6.07, 6.45) is 3.79. The standard InChI is InChI=1S/C13H19NO2/c15-13-6-3-4-11(8-13)9-16-10-12-5-1-2-7-14-12/h3-4,6,8,12,14-15H,1-2,5,7,9-10H2. The zero-order valence-corrected chi connectivity index (χ0v) is 9.48. The van der Waals surface area contributed by atoms with Gasteiger partial charge in [0.1, 0.15) is 5.75 Å². The highest BCUT2D eigenvalue weighted by Gasteiger charge is 2.11. The number of hydrogen-bond donors (Lipinski definition) is 2. The summed E-state index contributed by atoms with van der Waals surface area (Å²) in [7, 11) is 0. The van der Waals surface area contributed by atoms with Crippen molar-refractivity contribution >= 4 is 0 Å². The van der Waals surface area contributed by atoms with Gasteiger partial charge < -0.3 is 15.2 Å². The van der Waals surface area contributed by atoms with E-state index in [0.29, 0.717) is 18.4 Å². The molecular weight excluding hydrogens is 202 g/mol. The van der Waals surface area contributed by atoms with Gasteiger partial charge in [0.25, 0.3) is 0 Å². The number of phenolic OH excluding ortho intramolecular Hbond substituents is 1. The quantitative estimate of drug-likeness (QED) is 0.817. The first-order valence-electron chi connectivity index (χ1n) is 5.93. The molecule has 2 N–H and O–H groups in total. The fraction of sp³-hybridized carbons (Fsp3) is 0.538. The van der Waals surface area contributed by atoms with Crippen molar-refractivity contribution in [1.29, 1.82) is 0 Å². The number of hydrogen-bond acceptors (Lipinski definition) is 3. The first-order chi connectivity index (χ1) is 7.84. The van der Waals surface area contributed by atoms with E-state index < -0.39 is 0 Å². The highest BCUT2D eigenvalue weighted by Crippen LogP contribution is 2.12. The van der Waals surface area contributed by atoms with Gasteiger partial charge in [-0.25, -0.2) is 0 Å². The summed E-state index contributed by atoms with van der Waals surface area (Å²) < 4.78 is 5.64. The second-order valence-corrected chi connectivity index (χ2v) is 4.33. The molecule has 3 heteroatoms. The second-order valence-electron chi connectivity index (χ2n) is 4.33. The first-order valence-corrected chi connectivity index (χ1v) is 5.93. The molecule has 1 aliphatic rings. The molecule has 0 aliphatic carbocycles. The Kier molecular flexibility index (Phi) is 4.19. The van der Waals surface area contributed by atoms with E-state index >= 15 is 0 Å². The van der Waals surface area contributed by atoms with Crippen LogP contribution in [-0.4, -0.2) is 24.3 Å². The molecule has 0 aromatic heterocycles. The van der Waals surface area contributed by atoms with E-state index in [-0.39, 0.29) is 0 Å². The number of ether oxygens (including phenoxy) is 1. The maximum atomic E-state index is 9.29. The zero-order chi connectivity index (χ0) is 11.2. The Morgan fingerprint density at radius 3 is 3.06 bits per heavy atom. The van der Waals surface area contributed by atoms with Crippen molar-refractivity contribution in [3.05, 3.63) is 29.8 Å². The number of benzene rings is 1. The summed E-state index contributed by atoms with van der Waals surface area (Å²) >= 11 is 0. The van der Waals surface area contributed by atoms with Crippen LogP contribution in [0, 0.1) is 0 Å². The van der Waals surface area contributed by atoms with E-state index in [4.69, 9.17) is 4.74 Å². The van der Waals surface area contributed by atoms with Crippen LogP contribution in [0.25, 0.3) is 0 Å². The smallest absolute Gasteiger partial charge is 0.115 e. The molecule has 0 radical (unpaired) electrons. The SMILES string of the molecule is Oc1cccc(COCC2CCCCN2)c1. The molecule has 1 heterocycles. The molecule has 1 fully saturated rings. The summed E-state index contributed by atoms with van der Waals surface area (Å²) in [5, 5.41) is 12.7. The summed E-state index contributed by atoms with van der Waals surface area (Å²) in [4.78, 5) is 0. The lowest BCUT2D eigenvalue weighted by atomic mass is 10.1. The van der Waals surface area contributed by atoms with Crippen molar-refractivity contribution in [2.75, 3.05) is 13.2 Å². The molecule has 2 rings (SSSR count). The minimum atomic E-state index is 0.303.